The van der Waals surface area contributed by atoms with Crippen LogP contribution in [-0.2, 0) is 19.4 Å². The summed E-state index contributed by atoms with van der Waals surface area (Å²) >= 11 is 6.01. The number of amides is 2. The molecule has 1 aromatic rings. The summed E-state index contributed by atoms with van der Waals surface area (Å²) in [4.78, 5) is 25.2. The molecule has 1 saturated heterocycles. The van der Waals surface area contributed by atoms with Crippen LogP contribution in [0.25, 0.3) is 0 Å². The highest BCUT2D eigenvalue weighted by Crippen LogP contribution is 2.21. The largest absolute Gasteiger partial charge is 0.330 e. The highest BCUT2D eigenvalue weighted by molar-refractivity contribution is 7.91. The van der Waals surface area contributed by atoms with Gasteiger partial charge >= 0.3 is 0 Å². The van der Waals surface area contributed by atoms with Gasteiger partial charge in [-0.15, -0.1) is 0 Å². The van der Waals surface area contributed by atoms with E-state index in [0.29, 0.717) is 17.1 Å². The van der Waals surface area contributed by atoms with E-state index in [9.17, 15) is 18.0 Å². The van der Waals surface area contributed by atoms with Gasteiger partial charge in [0.2, 0.25) is 11.8 Å². The van der Waals surface area contributed by atoms with Crippen LogP contribution in [0.3, 0.4) is 0 Å². The van der Waals surface area contributed by atoms with Crippen molar-refractivity contribution in [1.82, 2.24) is 4.90 Å². The first kappa shape index (κ1) is 17.7. The molecule has 1 unspecified atom stereocenters. The lowest BCUT2D eigenvalue weighted by Crippen LogP contribution is -2.44. The molecule has 0 aliphatic carbocycles. The van der Waals surface area contributed by atoms with Gasteiger partial charge in [-0.05, 0) is 31.0 Å². The Morgan fingerprint density at radius 3 is 2.61 bits per heavy atom. The summed E-state index contributed by atoms with van der Waals surface area (Å²) in [5.74, 6) is -0.735. The molecular formula is C15H19ClN2O4S. The fraction of sp³-hybridized carbons (Fsp3) is 0.467. The van der Waals surface area contributed by atoms with Crippen molar-refractivity contribution in [2.75, 3.05) is 23.4 Å². The van der Waals surface area contributed by atoms with Crippen LogP contribution < -0.4 is 5.32 Å². The number of anilines is 1. The van der Waals surface area contributed by atoms with Gasteiger partial charge in [0.05, 0.1) is 11.5 Å². The van der Waals surface area contributed by atoms with E-state index in [0.717, 1.165) is 5.56 Å². The van der Waals surface area contributed by atoms with E-state index in [-0.39, 0.29) is 29.9 Å². The van der Waals surface area contributed by atoms with Crippen LogP contribution in [0.15, 0.2) is 18.2 Å². The summed E-state index contributed by atoms with van der Waals surface area (Å²) in [7, 11) is -3.12. The molecule has 6 nitrogen and oxygen atoms in total. The lowest BCUT2D eigenvalue weighted by Gasteiger charge is -2.26. The quantitative estimate of drug-likeness (QED) is 0.886. The lowest BCUT2D eigenvalue weighted by atomic mass is 10.2. The zero-order chi connectivity index (χ0) is 17.2. The Morgan fingerprint density at radius 1 is 1.39 bits per heavy atom. The molecule has 0 saturated carbocycles. The van der Waals surface area contributed by atoms with Gasteiger partial charge in [-0.3, -0.25) is 9.59 Å². The van der Waals surface area contributed by atoms with Gasteiger partial charge in [0.15, 0.2) is 9.84 Å². The average Bonchev–Trinajstić information content (AvgIpc) is 2.80. The minimum absolute atomic E-state index is 0.0522. The molecule has 1 aliphatic heterocycles. The third kappa shape index (κ3) is 4.68. The number of aryl methyl sites for hydroxylation is 1. The molecule has 2 rings (SSSR count). The number of carbonyl (C=O) groups excluding carboxylic acids is 2. The van der Waals surface area contributed by atoms with E-state index in [2.05, 4.69) is 5.32 Å². The van der Waals surface area contributed by atoms with Crippen LogP contribution in [0.5, 0.6) is 0 Å². The zero-order valence-electron chi connectivity index (χ0n) is 13.0. The van der Waals surface area contributed by atoms with Crippen LogP contribution >= 0.6 is 11.6 Å². The number of halogens is 1. The number of carbonyl (C=O) groups is 2. The molecular weight excluding hydrogens is 340 g/mol. The van der Waals surface area contributed by atoms with Gasteiger partial charge in [-0.2, -0.15) is 0 Å². The Bertz CT molecular complexity index is 733. The van der Waals surface area contributed by atoms with Crippen LogP contribution in [0.4, 0.5) is 5.69 Å². The molecule has 0 bridgehead atoms. The SMILES string of the molecule is CC(=O)N(CC(=O)Nc1ccc(C)c(Cl)c1)C1CCS(=O)(=O)C1. The number of hydrogen-bond acceptors (Lipinski definition) is 4. The summed E-state index contributed by atoms with van der Waals surface area (Å²) < 4.78 is 23.1. The Labute approximate surface area is 140 Å². The number of nitrogens with zero attached hydrogens (tertiary/aromatic N) is 1. The maximum absolute atomic E-state index is 12.1. The number of benzene rings is 1. The molecule has 1 aromatic carbocycles. The Balaban J connectivity index is 2.03. The van der Waals surface area contributed by atoms with Crippen molar-refractivity contribution in [3.63, 3.8) is 0 Å². The number of hydrogen-bond donors (Lipinski definition) is 1. The molecule has 1 fully saturated rings. The Morgan fingerprint density at radius 2 is 2.09 bits per heavy atom. The molecule has 1 aliphatic rings. The first-order chi connectivity index (χ1) is 10.7. The van der Waals surface area contributed by atoms with Gasteiger partial charge in [0.1, 0.15) is 6.54 Å². The molecule has 0 radical (unpaired) electrons. The topological polar surface area (TPSA) is 83.6 Å². The van der Waals surface area contributed by atoms with E-state index in [1.807, 2.05) is 6.92 Å². The number of sulfone groups is 1. The van der Waals surface area contributed by atoms with Gasteiger partial charge in [0, 0.05) is 23.7 Å². The minimum atomic E-state index is -3.12. The number of rotatable bonds is 4. The summed E-state index contributed by atoms with van der Waals surface area (Å²) in [6.45, 7) is 3.01. The molecule has 23 heavy (non-hydrogen) atoms. The van der Waals surface area contributed by atoms with Crippen molar-refractivity contribution >= 4 is 38.9 Å². The fourth-order valence-corrected chi connectivity index (χ4v) is 4.46. The summed E-state index contributed by atoms with van der Waals surface area (Å²) in [6.07, 6.45) is 0.367. The second kappa shape index (κ2) is 6.88. The predicted molar refractivity (Wildman–Crippen MR) is 89.3 cm³/mol. The first-order valence-electron chi connectivity index (χ1n) is 7.21. The average molecular weight is 359 g/mol. The molecule has 2 amide bonds. The molecule has 0 spiro atoms. The van der Waals surface area contributed by atoms with Crippen molar-refractivity contribution in [2.24, 2.45) is 0 Å². The van der Waals surface area contributed by atoms with Gasteiger partial charge in [-0.25, -0.2) is 8.42 Å². The Hall–Kier alpha value is -1.60. The van der Waals surface area contributed by atoms with E-state index in [1.54, 1.807) is 18.2 Å². The molecule has 0 aromatic heterocycles. The highest BCUT2D eigenvalue weighted by atomic mass is 35.5. The van der Waals surface area contributed by atoms with Crippen LogP contribution in [0.1, 0.15) is 18.9 Å². The van der Waals surface area contributed by atoms with Crippen molar-refractivity contribution < 1.29 is 18.0 Å². The monoisotopic (exact) mass is 358 g/mol. The third-order valence-corrected chi connectivity index (χ3v) is 5.98. The van der Waals surface area contributed by atoms with E-state index in [1.165, 1.54) is 11.8 Å². The first-order valence-corrected chi connectivity index (χ1v) is 9.41. The minimum Gasteiger partial charge on any atom is -0.330 e. The van der Waals surface area contributed by atoms with E-state index >= 15 is 0 Å². The van der Waals surface area contributed by atoms with Crippen molar-refractivity contribution in [3.05, 3.63) is 28.8 Å². The molecule has 8 heteroatoms. The second-order valence-electron chi connectivity index (χ2n) is 5.72. The summed E-state index contributed by atoms with van der Waals surface area (Å²) in [6, 6.07) is 4.69. The maximum atomic E-state index is 12.1. The van der Waals surface area contributed by atoms with Gasteiger partial charge in [-0.1, -0.05) is 17.7 Å². The predicted octanol–water partition coefficient (Wildman–Crippen LogP) is 1.62. The maximum Gasteiger partial charge on any atom is 0.244 e. The third-order valence-electron chi connectivity index (χ3n) is 3.82. The van der Waals surface area contributed by atoms with Gasteiger partial charge in [0.25, 0.3) is 0 Å². The lowest BCUT2D eigenvalue weighted by molar-refractivity contribution is -0.134. The molecule has 1 heterocycles. The zero-order valence-corrected chi connectivity index (χ0v) is 14.6. The number of nitrogens with one attached hydrogen (secondary N) is 1. The van der Waals surface area contributed by atoms with Gasteiger partial charge < -0.3 is 10.2 Å². The molecule has 1 atom stereocenters. The van der Waals surface area contributed by atoms with Crippen molar-refractivity contribution in [1.29, 1.82) is 0 Å². The molecule has 126 valence electrons. The summed E-state index contributed by atoms with van der Waals surface area (Å²) in [5, 5.41) is 3.21. The fourth-order valence-electron chi connectivity index (χ4n) is 2.54. The summed E-state index contributed by atoms with van der Waals surface area (Å²) in [5.41, 5.74) is 1.43. The standard InChI is InChI=1S/C15H19ClN2O4S/c1-10-3-4-12(7-14(10)16)17-15(20)8-18(11(2)19)13-5-6-23(21,22)9-13/h3-4,7,13H,5-6,8-9H2,1-2H3,(H,17,20). The van der Waals surface area contributed by atoms with Crippen LogP contribution in [0, 0.1) is 6.92 Å². The van der Waals surface area contributed by atoms with Crippen molar-refractivity contribution in [2.45, 2.75) is 26.3 Å². The van der Waals surface area contributed by atoms with E-state index < -0.39 is 15.9 Å². The smallest absolute Gasteiger partial charge is 0.244 e. The Kier molecular flexibility index (Phi) is 5.31. The second-order valence-corrected chi connectivity index (χ2v) is 8.35. The van der Waals surface area contributed by atoms with Crippen LogP contribution in [-0.4, -0.2) is 49.2 Å². The molecule has 1 N–H and O–H groups in total. The normalized spacial score (nSPS) is 19.3. The van der Waals surface area contributed by atoms with Crippen molar-refractivity contribution in [3.8, 4) is 0 Å². The van der Waals surface area contributed by atoms with E-state index in [4.69, 9.17) is 11.6 Å². The highest BCUT2D eigenvalue weighted by Gasteiger charge is 2.34. The van der Waals surface area contributed by atoms with Crippen LogP contribution in [0.2, 0.25) is 5.02 Å².